The molecule has 19 heavy (non-hydrogen) atoms. The lowest BCUT2D eigenvalue weighted by Gasteiger charge is -2.11. The minimum atomic E-state index is -0.363. The Kier molecular flexibility index (Phi) is 4.53. The molecule has 100 valence electrons. The number of benzene rings is 2. The Labute approximate surface area is 113 Å². The second-order valence-electron chi connectivity index (χ2n) is 4.55. The Morgan fingerprint density at radius 3 is 2.68 bits per heavy atom. The quantitative estimate of drug-likeness (QED) is 0.883. The van der Waals surface area contributed by atoms with Gasteiger partial charge in [-0.05, 0) is 42.7 Å². The van der Waals surface area contributed by atoms with Crippen LogP contribution in [0, 0.1) is 5.82 Å². The fourth-order valence-corrected chi connectivity index (χ4v) is 1.84. The van der Waals surface area contributed by atoms with Crippen molar-refractivity contribution in [3.05, 3.63) is 59.9 Å². The van der Waals surface area contributed by atoms with E-state index in [2.05, 4.69) is 6.92 Å². The van der Waals surface area contributed by atoms with E-state index in [-0.39, 0.29) is 17.6 Å². The van der Waals surface area contributed by atoms with Crippen molar-refractivity contribution in [3.8, 4) is 11.5 Å². The van der Waals surface area contributed by atoms with E-state index in [1.807, 2.05) is 24.3 Å². The predicted molar refractivity (Wildman–Crippen MR) is 74.9 cm³/mol. The Hall–Kier alpha value is -1.87. The fraction of sp³-hybridized carbons (Fsp3) is 0.250. The highest BCUT2D eigenvalue weighted by Gasteiger charge is 2.06. The Morgan fingerprint density at radius 2 is 1.95 bits per heavy atom. The first kappa shape index (κ1) is 13.6. The topological polar surface area (TPSA) is 35.2 Å². The van der Waals surface area contributed by atoms with E-state index in [1.165, 1.54) is 6.07 Å². The summed E-state index contributed by atoms with van der Waals surface area (Å²) in [5, 5.41) is 0. The van der Waals surface area contributed by atoms with Crippen LogP contribution in [-0.2, 0) is 6.42 Å². The molecule has 0 heterocycles. The molecule has 0 saturated carbocycles. The Balaban J connectivity index is 2.13. The van der Waals surface area contributed by atoms with Crippen LogP contribution in [0.2, 0.25) is 0 Å². The first-order chi connectivity index (χ1) is 9.19. The summed E-state index contributed by atoms with van der Waals surface area (Å²) in [6.07, 6.45) is 1.73. The van der Waals surface area contributed by atoms with Gasteiger partial charge in [0.05, 0.1) is 0 Å². The molecular formula is C16H18FNO. The standard InChI is InChI=1S/C16H18FNO/c1-2-13(18)10-12-6-5-7-14(11-12)19-16-9-4-3-8-15(16)17/h3-9,11,13H,2,10,18H2,1H3. The smallest absolute Gasteiger partial charge is 0.165 e. The molecule has 2 aromatic carbocycles. The summed E-state index contributed by atoms with van der Waals surface area (Å²) in [5.74, 6) is 0.503. The third-order valence-electron chi connectivity index (χ3n) is 2.99. The van der Waals surface area contributed by atoms with E-state index in [4.69, 9.17) is 10.5 Å². The molecule has 0 fully saturated rings. The van der Waals surface area contributed by atoms with Gasteiger partial charge in [0.15, 0.2) is 11.6 Å². The van der Waals surface area contributed by atoms with Crippen LogP contribution in [0.3, 0.4) is 0 Å². The number of ether oxygens (including phenoxy) is 1. The maximum atomic E-state index is 13.5. The van der Waals surface area contributed by atoms with Gasteiger partial charge in [0.1, 0.15) is 5.75 Å². The van der Waals surface area contributed by atoms with E-state index < -0.39 is 0 Å². The number of hydrogen-bond donors (Lipinski definition) is 1. The summed E-state index contributed by atoms with van der Waals surface area (Å²) in [6.45, 7) is 2.06. The molecule has 0 aliphatic rings. The number of rotatable bonds is 5. The lowest BCUT2D eigenvalue weighted by atomic mass is 10.0. The van der Waals surface area contributed by atoms with Crippen molar-refractivity contribution in [2.24, 2.45) is 5.73 Å². The average molecular weight is 259 g/mol. The highest BCUT2D eigenvalue weighted by atomic mass is 19.1. The summed E-state index contributed by atoms with van der Waals surface area (Å²) >= 11 is 0. The average Bonchev–Trinajstić information content (AvgIpc) is 2.42. The van der Waals surface area contributed by atoms with E-state index >= 15 is 0 Å². The summed E-state index contributed by atoms with van der Waals surface area (Å²) in [7, 11) is 0. The van der Waals surface area contributed by atoms with Crippen LogP contribution >= 0.6 is 0 Å². The van der Waals surface area contributed by atoms with Crippen LogP contribution in [0.15, 0.2) is 48.5 Å². The molecule has 1 atom stereocenters. The molecule has 2 N–H and O–H groups in total. The lowest BCUT2D eigenvalue weighted by Crippen LogP contribution is -2.21. The zero-order valence-electron chi connectivity index (χ0n) is 11.0. The summed E-state index contributed by atoms with van der Waals surface area (Å²) in [6, 6.07) is 14.1. The molecule has 0 aromatic heterocycles. The zero-order chi connectivity index (χ0) is 13.7. The maximum Gasteiger partial charge on any atom is 0.165 e. The van der Waals surface area contributed by atoms with Gasteiger partial charge in [-0.15, -0.1) is 0 Å². The molecule has 2 aromatic rings. The van der Waals surface area contributed by atoms with Gasteiger partial charge < -0.3 is 10.5 Å². The van der Waals surface area contributed by atoms with Crippen molar-refractivity contribution < 1.29 is 9.13 Å². The van der Waals surface area contributed by atoms with E-state index in [9.17, 15) is 4.39 Å². The molecule has 3 heteroatoms. The number of para-hydroxylation sites is 1. The molecule has 0 amide bonds. The van der Waals surface area contributed by atoms with Gasteiger partial charge in [0, 0.05) is 6.04 Å². The third-order valence-corrected chi connectivity index (χ3v) is 2.99. The molecular weight excluding hydrogens is 241 g/mol. The second kappa shape index (κ2) is 6.34. The van der Waals surface area contributed by atoms with Crippen molar-refractivity contribution in [2.45, 2.75) is 25.8 Å². The van der Waals surface area contributed by atoms with Gasteiger partial charge >= 0.3 is 0 Å². The molecule has 0 aliphatic heterocycles. The number of hydrogen-bond acceptors (Lipinski definition) is 2. The molecule has 0 saturated heterocycles. The van der Waals surface area contributed by atoms with E-state index in [1.54, 1.807) is 18.2 Å². The predicted octanol–water partition coefficient (Wildman–Crippen LogP) is 3.90. The fourth-order valence-electron chi connectivity index (χ4n) is 1.84. The van der Waals surface area contributed by atoms with Crippen LogP contribution in [0.25, 0.3) is 0 Å². The van der Waals surface area contributed by atoms with Gasteiger partial charge in [-0.25, -0.2) is 4.39 Å². The Morgan fingerprint density at radius 1 is 1.16 bits per heavy atom. The highest BCUT2D eigenvalue weighted by molar-refractivity contribution is 5.34. The van der Waals surface area contributed by atoms with Crippen molar-refractivity contribution in [1.82, 2.24) is 0 Å². The molecule has 1 unspecified atom stereocenters. The highest BCUT2D eigenvalue weighted by Crippen LogP contribution is 2.25. The molecule has 2 nitrogen and oxygen atoms in total. The number of halogens is 1. The maximum absolute atomic E-state index is 13.5. The van der Waals surface area contributed by atoms with E-state index in [0.29, 0.717) is 5.75 Å². The van der Waals surface area contributed by atoms with Crippen LogP contribution in [-0.4, -0.2) is 6.04 Å². The monoisotopic (exact) mass is 259 g/mol. The molecule has 0 aliphatic carbocycles. The van der Waals surface area contributed by atoms with Crippen molar-refractivity contribution >= 4 is 0 Å². The van der Waals surface area contributed by atoms with Gasteiger partial charge in [-0.3, -0.25) is 0 Å². The summed E-state index contributed by atoms with van der Waals surface area (Å²) in [4.78, 5) is 0. The molecule has 0 bridgehead atoms. The van der Waals surface area contributed by atoms with Gasteiger partial charge in [0.2, 0.25) is 0 Å². The van der Waals surface area contributed by atoms with Crippen LogP contribution in [0.1, 0.15) is 18.9 Å². The van der Waals surface area contributed by atoms with Crippen LogP contribution in [0.5, 0.6) is 11.5 Å². The first-order valence-electron chi connectivity index (χ1n) is 6.46. The summed E-state index contributed by atoms with van der Waals surface area (Å²) in [5.41, 5.74) is 7.03. The van der Waals surface area contributed by atoms with Crippen LogP contribution in [0.4, 0.5) is 4.39 Å². The zero-order valence-corrected chi connectivity index (χ0v) is 11.0. The Bertz CT molecular complexity index is 542. The van der Waals surface area contributed by atoms with Crippen molar-refractivity contribution in [2.75, 3.05) is 0 Å². The SMILES string of the molecule is CCC(N)Cc1cccc(Oc2ccccc2F)c1. The van der Waals surface area contributed by atoms with Crippen LogP contribution < -0.4 is 10.5 Å². The molecule has 0 spiro atoms. The van der Waals surface area contributed by atoms with Crippen molar-refractivity contribution in [1.29, 1.82) is 0 Å². The largest absolute Gasteiger partial charge is 0.454 e. The van der Waals surface area contributed by atoms with Gasteiger partial charge in [-0.2, -0.15) is 0 Å². The first-order valence-corrected chi connectivity index (χ1v) is 6.46. The molecule has 0 radical (unpaired) electrons. The van der Waals surface area contributed by atoms with Gasteiger partial charge in [0.25, 0.3) is 0 Å². The minimum Gasteiger partial charge on any atom is -0.454 e. The third kappa shape index (κ3) is 3.80. The number of nitrogens with two attached hydrogens (primary N) is 1. The summed E-state index contributed by atoms with van der Waals surface area (Å²) < 4.78 is 19.0. The van der Waals surface area contributed by atoms with E-state index in [0.717, 1.165) is 18.4 Å². The lowest BCUT2D eigenvalue weighted by molar-refractivity contribution is 0.441. The molecule has 2 rings (SSSR count). The normalized spacial score (nSPS) is 12.2. The van der Waals surface area contributed by atoms with Gasteiger partial charge in [-0.1, -0.05) is 31.2 Å². The second-order valence-corrected chi connectivity index (χ2v) is 4.55. The minimum absolute atomic E-state index is 0.142. The van der Waals surface area contributed by atoms with Crippen molar-refractivity contribution in [3.63, 3.8) is 0 Å².